The van der Waals surface area contributed by atoms with E-state index in [4.69, 9.17) is 10.1 Å². The Hall–Kier alpha value is -2.81. The molecule has 0 aliphatic carbocycles. The molecule has 2 aromatic rings. The highest BCUT2D eigenvalue weighted by molar-refractivity contribution is 6.03. The standard InChI is InChI=1S/C17H19FN6O2/c1-20-16(21-7-19)13-14(8-2-3-26-6-8)22-11-5-9(18)4-10-12(11)15(13)23-24-17(10)25/h4-5,7-8,13-14,22H,2-3,6H2,1H3,(H,24,25)(H2,19,20,21)/t8-,13-,14-/m0/s1. The molecule has 1 aromatic heterocycles. The van der Waals surface area contributed by atoms with E-state index in [1.165, 1.54) is 12.1 Å². The normalized spacial score (nSPS) is 25.2. The van der Waals surface area contributed by atoms with Gasteiger partial charge in [0.15, 0.2) is 0 Å². The van der Waals surface area contributed by atoms with Crippen molar-refractivity contribution in [1.82, 2.24) is 15.5 Å². The molecular weight excluding hydrogens is 339 g/mol. The molecule has 0 radical (unpaired) electrons. The largest absolute Gasteiger partial charge is 0.381 e. The maximum Gasteiger partial charge on any atom is 0.272 e. The van der Waals surface area contributed by atoms with Crippen LogP contribution in [0.15, 0.2) is 21.9 Å². The van der Waals surface area contributed by atoms with E-state index in [2.05, 4.69) is 25.8 Å². The van der Waals surface area contributed by atoms with Gasteiger partial charge in [-0.15, -0.1) is 0 Å². The Bertz CT molecular complexity index is 950. The molecule has 1 saturated heterocycles. The quantitative estimate of drug-likeness (QED) is 0.486. The Balaban J connectivity index is 1.98. The lowest BCUT2D eigenvalue weighted by molar-refractivity contribution is 0.181. The van der Waals surface area contributed by atoms with Gasteiger partial charge in [0.05, 0.1) is 23.6 Å². The molecule has 0 saturated carbocycles. The van der Waals surface area contributed by atoms with Gasteiger partial charge in [-0.05, 0) is 18.6 Å². The first-order valence-electron chi connectivity index (χ1n) is 8.44. The van der Waals surface area contributed by atoms with Crippen LogP contribution in [0.2, 0.25) is 0 Å². The molecule has 0 amide bonds. The lowest BCUT2D eigenvalue weighted by Gasteiger charge is -2.37. The summed E-state index contributed by atoms with van der Waals surface area (Å²) in [5.41, 5.74) is 0.718. The maximum absolute atomic E-state index is 14.1. The van der Waals surface area contributed by atoms with Gasteiger partial charge in [0.1, 0.15) is 18.0 Å². The van der Waals surface area contributed by atoms with Gasteiger partial charge in [0.2, 0.25) is 0 Å². The van der Waals surface area contributed by atoms with E-state index in [0.717, 1.165) is 12.8 Å². The van der Waals surface area contributed by atoms with Crippen LogP contribution in [0.4, 0.5) is 10.1 Å². The van der Waals surface area contributed by atoms with Crippen molar-refractivity contribution in [1.29, 1.82) is 5.41 Å². The molecule has 2 aliphatic rings. The number of rotatable bonds is 3. The molecule has 1 aromatic carbocycles. The number of aromatic amines is 1. The first-order valence-corrected chi connectivity index (χ1v) is 8.44. The number of nitrogens with zero attached hydrogens (tertiary/aromatic N) is 2. The minimum Gasteiger partial charge on any atom is -0.381 e. The lowest BCUT2D eigenvalue weighted by Crippen LogP contribution is -2.46. The second-order valence-electron chi connectivity index (χ2n) is 6.48. The van der Waals surface area contributed by atoms with E-state index < -0.39 is 11.4 Å². The monoisotopic (exact) mass is 358 g/mol. The van der Waals surface area contributed by atoms with Crippen LogP contribution in [0.25, 0.3) is 10.8 Å². The summed E-state index contributed by atoms with van der Waals surface area (Å²) < 4.78 is 19.6. The van der Waals surface area contributed by atoms with Crippen molar-refractivity contribution >= 4 is 28.6 Å². The zero-order valence-corrected chi connectivity index (χ0v) is 14.2. The number of anilines is 1. The van der Waals surface area contributed by atoms with Crippen LogP contribution in [0.5, 0.6) is 0 Å². The summed E-state index contributed by atoms with van der Waals surface area (Å²) in [6.07, 6.45) is 1.82. The summed E-state index contributed by atoms with van der Waals surface area (Å²) in [5.74, 6) is -0.0835. The van der Waals surface area contributed by atoms with Crippen LogP contribution in [0.1, 0.15) is 18.0 Å². The summed E-state index contributed by atoms with van der Waals surface area (Å²) >= 11 is 0. The highest BCUT2D eigenvalue weighted by atomic mass is 19.1. The number of aromatic nitrogens is 2. The second-order valence-corrected chi connectivity index (χ2v) is 6.48. The predicted molar refractivity (Wildman–Crippen MR) is 96.7 cm³/mol. The highest BCUT2D eigenvalue weighted by Crippen LogP contribution is 2.41. The Kier molecular flexibility index (Phi) is 4.15. The third-order valence-electron chi connectivity index (χ3n) is 5.08. The Morgan fingerprint density at radius 2 is 2.38 bits per heavy atom. The van der Waals surface area contributed by atoms with Crippen molar-refractivity contribution in [2.24, 2.45) is 10.9 Å². The molecule has 0 spiro atoms. The number of hydrogen-bond acceptors (Lipinski definition) is 5. The molecular formula is C17H19FN6O2. The highest BCUT2D eigenvalue weighted by Gasteiger charge is 2.41. The van der Waals surface area contributed by atoms with Crippen LogP contribution in [-0.2, 0) is 4.74 Å². The molecule has 2 aliphatic heterocycles. The Morgan fingerprint density at radius 3 is 3.08 bits per heavy atom. The number of likely N-dealkylation sites (N-methyl/N-ethyl adjacent to an activating group) is 1. The van der Waals surface area contributed by atoms with Crippen LogP contribution in [0.3, 0.4) is 0 Å². The van der Waals surface area contributed by atoms with Crippen molar-refractivity contribution in [2.75, 3.05) is 25.6 Å². The van der Waals surface area contributed by atoms with Crippen LogP contribution >= 0.6 is 0 Å². The number of hydrogen-bond donors (Lipinski definition) is 4. The predicted octanol–water partition coefficient (Wildman–Crippen LogP) is 1.20. The van der Waals surface area contributed by atoms with E-state index in [1.54, 1.807) is 7.05 Å². The molecule has 1 fully saturated rings. The van der Waals surface area contributed by atoms with E-state index in [0.29, 0.717) is 35.8 Å². The summed E-state index contributed by atoms with van der Waals surface area (Å²) in [4.78, 5) is 16.3. The SMILES string of the molecule is CN/C(=N\C=N)[C@@H]1c2n[nH]c(=O)c3cc(F)cc(c23)N[C@H]1[C@H]1CCOC1. The summed E-state index contributed by atoms with van der Waals surface area (Å²) in [6, 6.07) is 2.45. The zero-order chi connectivity index (χ0) is 18.3. The zero-order valence-electron chi connectivity index (χ0n) is 14.2. The van der Waals surface area contributed by atoms with Gasteiger partial charge in [-0.2, -0.15) is 5.10 Å². The number of ether oxygens (including phenoxy) is 1. The van der Waals surface area contributed by atoms with E-state index in [1.807, 2.05) is 0 Å². The Labute approximate surface area is 148 Å². The van der Waals surface area contributed by atoms with Crippen molar-refractivity contribution in [3.8, 4) is 0 Å². The minimum atomic E-state index is -0.482. The van der Waals surface area contributed by atoms with Crippen molar-refractivity contribution < 1.29 is 9.13 Å². The van der Waals surface area contributed by atoms with Gasteiger partial charge in [0, 0.05) is 36.7 Å². The van der Waals surface area contributed by atoms with Crippen molar-refractivity contribution in [3.05, 3.63) is 34.0 Å². The van der Waals surface area contributed by atoms with Crippen LogP contribution in [0, 0.1) is 17.1 Å². The molecule has 0 unspecified atom stereocenters. The molecule has 3 atom stereocenters. The summed E-state index contributed by atoms with van der Waals surface area (Å²) in [7, 11) is 1.73. The number of amidine groups is 1. The van der Waals surface area contributed by atoms with Gasteiger partial charge in [-0.1, -0.05) is 0 Å². The summed E-state index contributed by atoms with van der Waals surface area (Å²) in [5, 5.41) is 21.4. The first-order chi connectivity index (χ1) is 12.6. The summed E-state index contributed by atoms with van der Waals surface area (Å²) in [6.45, 7) is 1.24. The number of halogens is 1. The molecule has 4 N–H and O–H groups in total. The van der Waals surface area contributed by atoms with E-state index >= 15 is 0 Å². The maximum atomic E-state index is 14.1. The molecule has 8 nitrogen and oxygen atoms in total. The van der Waals surface area contributed by atoms with Crippen LogP contribution in [-0.4, -0.2) is 48.7 Å². The van der Waals surface area contributed by atoms with Gasteiger partial charge >= 0.3 is 0 Å². The third-order valence-corrected chi connectivity index (χ3v) is 5.08. The fourth-order valence-corrected chi connectivity index (χ4v) is 3.96. The number of benzene rings is 1. The molecule has 3 heterocycles. The molecule has 4 rings (SSSR count). The minimum absolute atomic E-state index is 0.153. The molecule has 9 heteroatoms. The smallest absolute Gasteiger partial charge is 0.272 e. The number of aliphatic imine (C=N–C) groups is 1. The van der Waals surface area contributed by atoms with Gasteiger partial charge < -0.3 is 15.4 Å². The van der Waals surface area contributed by atoms with Crippen molar-refractivity contribution in [3.63, 3.8) is 0 Å². The lowest BCUT2D eigenvalue weighted by atomic mass is 9.80. The Morgan fingerprint density at radius 1 is 1.54 bits per heavy atom. The van der Waals surface area contributed by atoms with Crippen molar-refractivity contribution in [2.45, 2.75) is 18.4 Å². The molecule has 0 bridgehead atoms. The van der Waals surface area contributed by atoms with E-state index in [-0.39, 0.29) is 23.3 Å². The average Bonchev–Trinajstić information content (AvgIpc) is 3.16. The van der Waals surface area contributed by atoms with Gasteiger partial charge in [-0.3, -0.25) is 10.2 Å². The first kappa shape index (κ1) is 16.6. The average molecular weight is 358 g/mol. The number of H-pyrrole nitrogens is 1. The molecule has 136 valence electrons. The fourth-order valence-electron chi connectivity index (χ4n) is 3.96. The second kappa shape index (κ2) is 6.49. The fraction of sp³-hybridized carbons (Fsp3) is 0.412. The van der Waals surface area contributed by atoms with E-state index in [9.17, 15) is 9.18 Å². The van der Waals surface area contributed by atoms with Gasteiger partial charge in [0.25, 0.3) is 5.56 Å². The number of nitrogens with one attached hydrogen (secondary N) is 4. The van der Waals surface area contributed by atoms with Crippen LogP contribution < -0.4 is 16.2 Å². The van der Waals surface area contributed by atoms with Gasteiger partial charge in [-0.25, -0.2) is 14.5 Å². The third kappa shape index (κ3) is 2.55. The topological polar surface area (TPSA) is 115 Å². The molecule has 26 heavy (non-hydrogen) atoms.